The molecule has 0 fully saturated rings. The molecule has 0 unspecified atom stereocenters. The zero-order chi connectivity index (χ0) is 14.7. The standard InChI is InChI=1S/C13H12FNO5/c1-3-19-13-10(12(16)17)15-11(20-13)7-4-5-9(18-2)8(14)6-7/h4-6H,3H2,1-2H3,(H,16,17). The molecular formula is C13H12FNO5. The van der Waals surface area contributed by atoms with Crippen molar-refractivity contribution in [3.8, 4) is 23.1 Å². The van der Waals surface area contributed by atoms with E-state index in [2.05, 4.69) is 4.98 Å². The monoisotopic (exact) mass is 281 g/mol. The molecule has 1 aromatic carbocycles. The number of rotatable bonds is 5. The van der Waals surface area contributed by atoms with Crippen molar-refractivity contribution >= 4 is 5.97 Å². The normalized spacial score (nSPS) is 10.3. The SMILES string of the molecule is CCOc1oc(-c2ccc(OC)c(F)c2)nc1C(=O)O. The van der Waals surface area contributed by atoms with Crippen LogP contribution in [0.5, 0.6) is 11.7 Å². The second-order valence-corrected chi connectivity index (χ2v) is 3.74. The first-order valence-electron chi connectivity index (χ1n) is 5.77. The van der Waals surface area contributed by atoms with E-state index in [0.29, 0.717) is 0 Å². The van der Waals surface area contributed by atoms with Crippen molar-refractivity contribution in [3.05, 3.63) is 29.7 Å². The van der Waals surface area contributed by atoms with Crippen LogP contribution in [0.3, 0.4) is 0 Å². The van der Waals surface area contributed by atoms with Gasteiger partial charge in [-0.2, -0.15) is 4.98 Å². The molecule has 0 amide bonds. The van der Waals surface area contributed by atoms with Gasteiger partial charge in [0.25, 0.3) is 0 Å². The van der Waals surface area contributed by atoms with Gasteiger partial charge in [0.1, 0.15) is 0 Å². The molecule has 2 rings (SSSR count). The summed E-state index contributed by atoms with van der Waals surface area (Å²) in [6.07, 6.45) is 0. The van der Waals surface area contributed by atoms with E-state index in [1.54, 1.807) is 6.92 Å². The molecule has 0 bridgehead atoms. The van der Waals surface area contributed by atoms with Crippen LogP contribution in [0.2, 0.25) is 0 Å². The predicted molar refractivity (Wildman–Crippen MR) is 66.6 cm³/mol. The number of oxazole rings is 1. The second kappa shape index (κ2) is 5.60. The van der Waals surface area contributed by atoms with Crippen LogP contribution in [-0.4, -0.2) is 29.8 Å². The quantitative estimate of drug-likeness (QED) is 0.907. The molecule has 1 heterocycles. The molecule has 0 aliphatic rings. The Hall–Kier alpha value is -2.57. The number of nitrogens with zero attached hydrogens (tertiary/aromatic N) is 1. The van der Waals surface area contributed by atoms with Crippen LogP contribution in [0, 0.1) is 5.82 Å². The van der Waals surface area contributed by atoms with Crippen LogP contribution in [0.25, 0.3) is 11.5 Å². The van der Waals surface area contributed by atoms with Gasteiger partial charge >= 0.3 is 11.9 Å². The third kappa shape index (κ3) is 2.56. The summed E-state index contributed by atoms with van der Waals surface area (Å²) >= 11 is 0. The summed E-state index contributed by atoms with van der Waals surface area (Å²) in [5.74, 6) is -2.04. The Morgan fingerprint density at radius 2 is 2.25 bits per heavy atom. The summed E-state index contributed by atoms with van der Waals surface area (Å²) in [4.78, 5) is 14.8. The molecule has 7 heteroatoms. The van der Waals surface area contributed by atoms with Gasteiger partial charge in [-0.1, -0.05) is 0 Å². The van der Waals surface area contributed by atoms with E-state index in [9.17, 15) is 9.18 Å². The molecule has 0 aliphatic carbocycles. The Morgan fingerprint density at radius 1 is 1.50 bits per heavy atom. The van der Waals surface area contributed by atoms with Crippen molar-refractivity contribution in [2.24, 2.45) is 0 Å². The highest BCUT2D eigenvalue weighted by Crippen LogP contribution is 2.30. The van der Waals surface area contributed by atoms with Crippen LogP contribution in [0.1, 0.15) is 17.4 Å². The largest absolute Gasteiger partial charge is 0.494 e. The number of hydrogen-bond acceptors (Lipinski definition) is 5. The molecule has 0 saturated carbocycles. The maximum absolute atomic E-state index is 13.6. The smallest absolute Gasteiger partial charge is 0.362 e. The van der Waals surface area contributed by atoms with Crippen molar-refractivity contribution in [2.75, 3.05) is 13.7 Å². The number of hydrogen-bond donors (Lipinski definition) is 1. The van der Waals surface area contributed by atoms with Gasteiger partial charge in [-0.25, -0.2) is 9.18 Å². The van der Waals surface area contributed by atoms with E-state index >= 15 is 0 Å². The van der Waals surface area contributed by atoms with E-state index in [4.69, 9.17) is 19.0 Å². The Morgan fingerprint density at radius 3 is 2.80 bits per heavy atom. The maximum atomic E-state index is 13.6. The average Bonchev–Trinajstić information content (AvgIpc) is 2.83. The lowest BCUT2D eigenvalue weighted by atomic mass is 10.2. The topological polar surface area (TPSA) is 81.8 Å². The fraction of sp³-hybridized carbons (Fsp3) is 0.231. The number of ether oxygens (including phenoxy) is 2. The molecule has 2 aromatic rings. The highest BCUT2D eigenvalue weighted by Gasteiger charge is 2.22. The summed E-state index contributed by atoms with van der Waals surface area (Å²) in [7, 11) is 1.35. The Bertz CT molecular complexity index is 638. The highest BCUT2D eigenvalue weighted by atomic mass is 19.1. The number of carbonyl (C=O) groups is 1. The zero-order valence-corrected chi connectivity index (χ0v) is 10.8. The fourth-order valence-corrected chi connectivity index (χ4v) is 1.59. The number of halogens is 1. The van der Waals surface area contributed by atoms with Gasteiger partial charge in [0.15, 0.2) is 11.6 Å². The van der Waals surface area contributed by atoms with Crippen molar-refractivity contribution in [2.45, 2.75) is 6.92 Å². The number of carboxylic acids is 1. The molecule has 20 heavy (non-hydrogen) atoms. The van der Waals surface area contributed by atoms with E-state index in [1.807, 2.05) is 0 Å². The van der Waals surface area contributed by atoms with Crippen molar-refractivity contribution in [3.63, 3.8) is 0 Å². The van der Waals surface area contributed by atoms with Crippen LogP contribution in [-0.2, 0) is 0 Å². The fourth-order valence-electron chi connectivity index (χ4n) is 1.59. The highest BCUT2D eigenvalue weighted by molar-refractivity contribution is 5.88. The van der Waals surface area contributed by atoms with E-state index in [0.717, 1.165) is 6.07 Å². The van der Waals surface area contributed by atoms with Crippen molar-refractivity contribution in [1.82, 2.24) is 4.98 Å². The van der Waals surface area contributed by atoms with Gasteiger partial charge in [-0.15, -0.1) is 0 Å². The number of methoxy groups -OCH3 is 1. The second-order valence-electron chi connectivity index (χ2n) is 3.74. The average molecular weight is 281 g/mol. The number of benzene rings is 1. The molecule has 1 N–H and O–H groups in total. The first kappa shape index (κ1) is 13.9. The van der Waals surface area contributed by atoms with Gasteiger partial charge in [0.2, 0.25) is 11.6 Å². The lowest BCUT2D eigenvalue weighted by Crippen LogP contribution is -2.01. The van der Waals surface area contributed by atoms with Gasteiger partial charge in [0.05, 0.1) is 13.7 Å². The molecule has 0 spiro atoms. The maximum Gasteiger partial charge on any atom is 0.362 e. The minimum atomic E-state index is -1.28. The minimum Gasteiger partial charge on any atom is -0.494 e. The van der Waals surface area contributed by atoms with E-state index in [1.165, 1.54) is 19.2 Å². The molecule has 106 valence electrons. The van der Waals surface area contributed by atoms with Crippen molar-refractivity contribution in [1.29, 1.82) is 0 Å². The van der Waals surface area contributed by atoms with Gasteiger partial charge in [0, 0.05) is 5.56 Å². The minimum absolute atomic E-state index is 0.0348. The van der Waals surface area contributed by atoms with Crippen LogP contribution >= 0.6 is 0 Å². The summed E-state index contributed by atoms with van der Waals surface area (Å²) in [6, 6.07) is 4.05. The predicted octanol–water partition coefficient (Wildman–Crippen LogP) is 2.59. The molecule has 6 nitrogen and oxygen atoms in total. The lowest BCUT2D eigenvalue weighted by Gasteiger charge is -2.02. The first-order valence-corrected chi connectivity index (χ1v) is 5.77. The summed E-state index contributed by atoms with van der Waals surface area (Å²) < 4.78 is 28.7. The molecular weight excluding hydrogens is 269 g/mol. The zero-order valence-electron chi connectivity index (χ0n) is 10.8. The molecule has 0 radical (unpaired) electrons. The number of aromatic nitrogens is 1. The third-order valence-corrected chi connectivity index (χ3v) is 2.47. The molecule has 0 aliphatic heterocycles. The molecule has 0 atom stereocenters. The first-order chi connectivity index (χ1) is 9.56. The Balaban J connectivity index is 2.44. The summed E-state index contributed by atoms with van der Waals surface area (Å²) in [5.41, 5.74) is -0.0603. The van der Waals surface area contributed by atoms with Gasteiger partial charge in [-0.3, -0.25) is 0 Å². The summed E-state index contributed by atoms with van der Waals surface area (Å²) in [5, 5.41) is 8.99. The van der Waals surface area contributed by atoms with Crippen molar-refractivity contribution < 1.29 is 28.2 Å². The van der Waals surface area contributed by atoms with Crippen LogP contribution < -0.4 is 9.47 Å². The molecule has 0 saturated heterocycles. The van der Waals surface area contributed by atoms with Gasteiger partial charge in [-0.05, 0) is 25.1 Å². The van der Waals surface area contributed by atoms with Crippen LogP contribution in [0.4, 0.5) is 4.39 Å². The van der Waals surface area contributed by atoms with E-state index < -0.39 is 11.8 Å². The van der Waals surface area contributed by atoms with Gasteiger partial charge < -0.3 is 19.0 Å². The molecule has 1 aromatic heterocycles. The number of aromatic carboxylic acids is 1. The van der Waals surface area contributed by atoms with E-state index in [-0.39, 0.29) is 35.5 Å². The van der Waals surface area contributed by atoms with Crippen LogP contribution in [0.15, 0.2) is 22.6 Å². The number of carboxylic acid groups (broad SMARTS) is 1. The Kier molecular flexibility index (Phi) is 3.88. The summed E-state index contributed by atoms with van der Waals surface area (Å²) in [6.45, 7) is 1.91. The lowest BCUT2D eigenvalue weighted by molar-refractivity contribution is 0.0683. The Labute approximate surface area is 113 Å². The third-order valence-electron chi connectivity index (χ3n) is 2.47.